The summed E-state index contributed by atoms with van der Waals surface area (Å²) in [5.41, 5.74) is 0.197. The van der Waals surface area contributed by atoms with E-state index in [1.807, 2.05) is 19.1 Å². The van der Waals surface area contributed by atoms with Crippen molar-refractivity contribution in [1.82, 2.24) is 15.5 Å². The SMILES string of the molecule is CC(NC(=O)CCCN1C(=O)NC2(CCCC2)C1=O)c1cc2c(cc1Br)OCCO2. The highest BCUT2D eigenvalue weighted by Gasteiger charge is 2.52. The monoisotopic (exact) mass is 479 g/mol. The van der Waals surface area contributed by atoms with E-state index in [1.54, 1.807) is 0 Å². The summed E-state index contributed by atoms with van der Waals surface area (Å²) in [5.74, 6) is 1.08. The van der Waals surface area contributed by atoms with E-state index in [2.05, 4.69) is 26.6 Å². The van der Waals surface area contributed by atoms with Gasteiger partial charge in [-0.2, -0.15) is 0 Å². The fraction of sp³-hybridized carbons (Fsp3) is 0.571. The molecule has 4 rings (SSSR count). The van der Waals surface area contributed by atoms with Gasteiger partial charge in [-0.25, -0.2) is 4.79 Å². The van der Waals surface area contributed by atoms with Crippen LogP contribution in [-0.4, -0.2) is 48.0 Å². The van der Waals surface area contributed by atoms with E-state index in [4.69, 9.17) is 9.47 Å². The lowest BCUT2D eigenvalue weighted by atomic mass is 9.98. The number of amides is 4. The number of fused-ring (bicyclic) bond motifs is 1. The lowest BCUT2D eigenvalue weighted by Crippen LogP contribution is -2.44. The van der Waals surface area contributed by atoms with Crippen molar-refractivity contribution in [2.24, 2.45) is 0 Å². The molecule has 1 saturated heterocycles. The summed E-state index contributed by atoms with van der Waals surface area (Å²) in [7, 11) is 0. The number of urea groups is 1. The maximum Gasteiger partial charge on any atom is 0.325 e. The summed E-state index contributed by atoms with van der Waals surface area (Å²) in [5, 5.41) is 5.83. The minimum Gasteiger partial charge on any atom is -0.486 e. The molecule has 2 N–H and O–H groups in total. The fourth-order valence-electron chi connectivity index (χ4n) is 4.40. The number of halogens is 1. The highest BCUT2D eigenvalue weighted by atomic mass is 79.9. The maximum atomic E-state index is 12.6. The van der Waals surface area contributed by atoms with Gasteiger partial charge in [0.2, 0.25) is 5.91 Å². The molecule has 1 saturated carbocycles. The predicted octanol–water partition coefficient (Wildman–Crippen LogP) is 3.04. The van der Waals surface area contributed by atoms with Gasteiger partial charge in [-0.1, -0.05) is 28.8 Å². The molecule has 1 aromatic carbocycles. The van der Waals surface area contributed by atoms with E-state index in [-0.39, 0.29) is 36.9 Å². The number of benzene rings is 1. The molecule has 8 nitrogen and oxygen atoms in total. The van der Waals surface area contributed by atoms with Gasteiger partial charge >= 0.3 is 6.03 Å². The normalized spacial score (nSPS) is 20.4. The highest BCUT2D eigenvalue weighted by molar-refractivity contribution is 9.10. The van der Waals surface area contributed by atoms with Crippen LogP contribution in [0.5, 0.6) is 11.5 Å². The third kappa shape index (κ3) is 3.99. The van der Waals surface area contributed by atoms with Gasteiger partial charge < -0.3 is 20.1 Å². The van der Waals surface area contributed by atoms with Gasteiger partial charge in [0.1, 0.15) is 18.8 Å². The highest BCUT2D eigenvalue weighted by Crippen LogP contribution is 2.38. The van der Waals surface area contributed by atoms with E-state index in [0.29, 0.717) is 44.0 Å². The molecule has 2 fully saturated rings. The summed E-state index contributed by atoms with van der Waals surface area (Å²) in [6.45, 7) is 3.17. The summed E-state index contributed by atoms with van der Waals surface area (Å²) < 4.78 is 12.0. The Morgan fingerprint density at radius 1 is 1.23 bits per heavy atom. The Morgan fingerprint density at radius 2 is 1.90 bits per heavy atom. The van der Waals surface area contributed by atoms with E-state index >= 15 is 0 Å². The Bertz CT molecular complexity index is 868. The van der Waals surface area contributed by atoms with E-state index < -0.39 is 5.54 Å². The van der Waals surface area contributed by atoms with Crippen LogP contribution < -0.4 is 20.1 Å². The molecule has 2 heterocycles. The van der Waals surface area contributed by atoms with E-state index in [0.717, 1.165) is 22.9 Å². The first kappa shape index (κ1) is 21.0. The summed E-state index contributed by atoms with van der Waals surface area (Å²) in [6.07, 6.45) is 3.98. The first-order chi connectivity index (χ1) is 14.4. The van der Waals surface area contributed by atoms with Crippen LogP contribution in [0.4, 0.5) is 4.79 Å². The lowest BCUT2D eigenvalue weighted by Gasteiger charge is -2.22. The van der Waals surface area contributed by atoms with Crippen molar-refractivity contribution in [3.63, 3.8) is 0 Å². The molecule has 4 amide bonds. The van der Waals surface area contributed by atoms with E-state index in [1.165, 1.54) is 4.90 Å². The second-order valence-electron chi connectivity index (χ2n) is 8.09. The second kappa shape index (κ2) is 8.45. The van der Waals surface area contributed by atoms with Gasteiger partial charge in [0, 0.05) is 17.4 Å². The molecular formula is C21H26BrN3O5. The zero-order valence-electron chi connectivity index (χ0n) is 17.0. The van der Waals surface area contributed by atoms with Crippen molar-refractivity contribution in [3.05, 3.63) is 22.2 Å². The molecule has 0 bridgehead atoms. The number of imide groups is 1. The van der Waals surface area contributed by atoms with Crippen LogP contribution in [0.2, 0.25) is 0 Å². The van der Waals surface area contributed by atoms with Crippen LogP contribution in [0.15, 0.2) is 16.6 Å². The molecular weight excluding hydrogens is 454 g/mol. The Kier molecular flexibility index (Phi) is 5.90. The van der Waals surface area contributed by atoms with Crippen LogP contribution in [0, 0.1) is 0 Å². The van der Waals surface area contributed by atoms with Gasteiger partial charge in [-0.3, -0.25) is 14.5 Å². The zero-order chi connectivity index (χ0) is 21.3. The fourth-order valence-corrected chi connectivity index (χ4v) is 5.06. The van der Waals surface area contributed by atoms with Crippen molar-refractivity contribution in [1.29, 1.82) is 0 Å². The van der Waals surface area contributed by atoms with Crippen molar-refractivity contribution in [2.75, 3.05) is 19.8 Å². The molecule has 1 aliphatic carbocycles. The number of hydrogen-bond donors (Lipinski definition) is 2. The minimum atomic E-state index is -0.696. The Morgan fingerprint density at radius 3 is 2.60 bits per heavy atom. The smallest absolute Gasteiger partial charge is 0.325 e. The zero-order valence-corrected chi connectivity index (χ0v) is 18.5. The third-order valence-corrected chi connectivity index (χ3v) is 6.68. The van der Waals surface area contributed by atoms with Gasteiger partial charge in [-0.15, -0.1) is 0 Å². The van der Waals surface area contributed by atoms with Crippen molar-refractivity contribution in [3.8, 4) is 11.5 Å². The number of nitrogens with zero attached hydrogens (tertiary/aromatic N) is 1. The second-order valence-corrected chi connectivity index (χ2v) is 8.94. The molecule has 0 aromatic heterocycles. The standard InChI is InChI=1S/C21H26BrN3O5/c1-13(14-11-16-17(12-15(14)22)30-10-9-29-16)23-18(26)5-4-8-25-19(27)21(24-20(25)28)6-2-3-7-21/h11-13H,2-10H2,1H3,(H,23,26)(H,24,28). The average Bonchev–Trinajstić information content (AvgIpc) is 3.27. The van der Waals surface area contributed by atoms with Gasteiger partial charge in [0.15, 0.2) is 11.5 Å². The largest absolute Gasteiger partial charge is 0.486 e. The summed E-state index contributed by atoms with van der Waals surface area (Å²) >= 11 is 3.53. The van der Waals surface area contributed by atoms with Crippen LogP contribution in [0.25, 0.3) is 0 Å². The van der Waals surface area contributed by atoms with Gasteiger partial charge in [0.05, 0.1) is 6.04 Å². The van der Waals surface area contributed by atoms with Gasteiger partial charge in [0.25, 0.3) is 5.91 Å². The molecule has 162 valence electrons. The molecule has 1 unspecified atom stereocenters. The molecule has 3 aliphatic rings. The maximum absolute atomic E-state index is 12.6. The van der Waals surface area contributed by atoms with Crippen LogP contribution >= 0.6 is 15.9 Å². The number of ether oxygens (including phenoxy) is 2. The van der Waals surface area contributed by atoms with Crippen molar-refractivity contribution < 1.29 is 23.9 Å². The number of carbonyl (C=O) groups is 3. The average molecular weight is 480 g/mol. The summed E-state index contributed by atoms with van der Waals surface area (Å²) in [4.78, 5) is 38.5. The third-order valence-electron chi connectivity index (χ3n) is 5.99. The lowest BCUT2D eigenvalue weighted by molar-refractivity contribution is -0.131. The first-order valence-corrected chi connectivity index (χ1v) is 11.2. The van der Waals surface area contributed by atoms with Crippen LogP contribution in [-0.2, 0) is 9.59 Å². The van der Waals surface area contributed by atoms with Crippen molar-refractivity contribution >= 4 is 33.8 Å². The molecule has 2 aliphatic heterocycles. The number of rotatable bonds is 6. The Hall–Kier alpha value is -2.29. The van der Waals surface area contributed by atoms with Crippen LogP contribution in [0.3, 0.4) is 0 Å². The minimum absolute atomic E-state index is 0.132. The quantitative estimate of drug-likeness (QED) is 0.611. The molecule has 1 spiro atoms. The molecule has 0 radical (unpaired) electrons. The van der Waals surface area contributed by atoms with Gasteiger partial charge in [-0.05, 0) is 43.9 Å². The van der Waals surface area contributed by atoms with E-state index in [9.17, 15) is 14.4 Å². The Balaban J connectivity index is 1.29. The first-order valence-electron chi connectivity index (χ1n) is 10.4. The number of hydrogen-bond acceptors (Lipinski definition) is 5. The number of nitrogens with one attached hydrogen (secondary N) is 2. The molecule has 30 heavy (non-hydrogen) atoms. The molecule has 1 atom stereocenters. The predicted molar refractivity (Wildman–Crippen MR) is 112 cm³/mol. The number of carbonyl (C=O) groups excluding carboxylic acids is 3. The van der Waals surface area contributed by atoms with Crippen molar-refractivity contribution in [2.45, 2.75) is 57.0 Å². The summed E-state index contributed by atoms with van der Waals surface area (Å²) in [6, 6.07) is 3.15. The molecule has 1 aromatic rings. The topological polar surface area (TPSA) is 97.0 Å². The van der Waals surface area contributed by atoms with Crippen LogP contribution in [0.1, 0.15) is 57.1 Å². The molecule has 9 heteroatoms. The Labute approximate surface area is 183 Å².